The average molecular weight is 293 g/mol. The lowest BCUT2D eigenvalue weighted by molar-refractivity contribution is -0.384. The Hall–Kier alpha value is -2.45. The second-order valence-electron chi connectivity index (χ2n) is 3.94. The number of aromatic hydroxyl groups is 1. The van der Waals surface area contributed by atoms with Crippen molar-refractivity contribution in [3.05, 3.63) is 50.7 Å². The van der Waals surface area contributed by atoms with Gasteiger partial charge in [-0.3, -0.25) is 14.9 Å². The number of nitro benzene ring substituents is 1. The summed E-state index contributed by atoms with van der Waals surface area (Å²) in [4.78, 5) is 22.6. The van der Waals surface area contributed by atoms with Gasteiger partial charge in [0, 0.05) is 17.0 Å². The van der Waals surface area contributed by atoms with Crippen molar-refractivity contribution in [1.82, 2.24) is 0 Å². The van der Waals surface area contributed by atoms with Crippen molar-refractivity contribution in [1.29, 1.82) is 0 Å². The summed E-state index contributed by atoms with van der Waals surface area (Å²) < 4.78 is 0. The molecular weight excluding hydrogens is 282 g/mol. The Morgan fingerprint density at radius 1 is 1.45 bits per heavy atom. The van der Waals surface area contributed by atoms with Gasteiger partial charge in [-0.1, -0.05) is 6.07 Å². The molecule has 0 radical (unpaired) electrons. The van der Waals surface area contributed by atoms with Crippen molar-refractivity contribution in [3.63, 3.8) is 0 Å². The summed E-state index contributed by atoms with van der Waals surface area (Å²) in [5, 5.41) is 24.4. The molecule has 1 heterocycles. The summed E-state index contributed by atoms with van der Waals surface area (Å²) >= 11 is 1.33. The summed E-state index contributed by atoms with van der Waals surface area (Å²) in [6.07, 6.45) is 0. The molecule has 1 amide bonds. The van der Waals surface area contributed by atoms with Crippen molar-refractivity contribution in [2.24, 2.45) is 5.73 Å². The van der Waals surface area contributed by atoms with Crippen LogP contribution in [-0.2, 0) is 4.79 Å². The zero-order valence-electron chi connectivity index (χ0n) is 10.1. The first-order valence-corrected chi connectivity index (χ1v) is 6.44. The van der Waals surface area contributed by atoms with Crippen LogP contribution in [0.4, 0.5) is 11.4 Å². The molecule has 2 aromatic rings. The molecule has 20 heavy (non-hydrogen) atoms. The molecule has 1 aromatic carbocycles. The molecule has 7 nitrogen and oxygen atoms in total. The number of nitrogens with two attached hydrogens (primary N) is 1. The molecule has 0 saturated carbocycles. The Morgan fingerprint density at radius 3 is 2.80 bits per heavy atom. The lowest BCUT2D eigenvalue weighted by Crippen LogP contribution is -2.27. The lowest BCUT2D eigenvalue weighted by Gasteiger charge is -2.11. The van der Waals surface area contributed by atoms with E-state index in [1.54, 1.807) is 17.5 Å². The average Bonchev–Trinajstić information content (AvgIpc) is 2.94. The number of nitrogens with one attached hydrogen (secondary N) is 1. The molecule has 1 atom stereocenters. The normalized spacial score (nSPS) is 11.8. The third-order valence-electron chi connectivity index (χ3n) is 2.58. The quantitative estimate of drug-likeness (QED) is 0.452. The number of anilines is 1. The number of benzene rings is 1. The highest BCUT2D eigenvalue weighted by Crippen LogP contribution is 2.29. The van der Waals surface area contributed by atoms with Gasteiger partial charge >= 0.3 is 0 Å². The molecule has 104 valence electrons. The number of nitro groups is 1. The molecule has 1 aromatic heterocycles. The van der Waals surface area contributed by atoms with E-state index in [0.717, 1.165) is 18.2 Å². The van der Waals surface area contributed by atoms with Gasteiger partial charge in [0.1, 0.15) is 11.8 Å². The molecule has 0 aliphatic heterocycles. The topological polar surface area (TPSA) is 118 Å². The molecule has 0 spiro atoms. The Labute approximate surface area is 117 Å². The minimum absolute atomic E-state index is 0.0452. The monoisotopic (exact) mass is 293 g/mol. The van der Waals surface area contributed by atoms with Crippen LogP contribution in [0.5, 0.6) is 5.75 Å². The molecular formula is C12H11N3O4S. The number of phenolic OH excluding ortho intramolecular Hbond substituents is 1. The van der Waals surface area contributed by atoms with E-state index in [4.69, 9.17) is 5.73 Å². The molecule has 8 heteroatoms. The molecule has 0 fully saturated rings. The van der Waals surface area contributed by atoms with Gasteiger partial charge in [-0.2, -0.15) is 0 Å². The van der Waals surface area contributed by atoms with Gasteiger partial charge in [0.2, 0.25) is 5.91 Å². The zero-order valence-corrected chi connectivity index (χ0v) is 11.0. The third-order valence-corrected chi connectivity index (χ3v) is 3.54. The summed E-state index contributed by atoms with van der Waals surface area (Å²) in [6, 6.07) is 5.94. The van der Waals surface area contributed by atoms with Crippen LogP contribution < -0.4 is 11.1 Å². The number of carbonyl (C=O) groups excluding carboxylic acids is 1. The van der Waals surface area contributed by atoms with E-state index in [0.29, 0.717) is 4.88 Å². The fraction of sp³-hybridized carbons (Fsp3) is 0.0833. The maximum Gasteiger partial charge on any atom is 0.271 e. The van der Waals surface area contributed by atoms with Crippen LogP contribution in [0, 0.1) is 10.1 Å². The molecule has 2 rings (SSSR count). The Balaban J connectivity index is 2.19. The predicted octanol–water partition coefficient (Wildman–Crippen LogP) is 2.00. The molecule has 0 saturated heterocycles. The highest BCUT2D eigenvalue weighted by atomic mass is 32.1. The second-order valence-corrected chi connectivity index (χ2v) is 4.92. The van der Waals surface area contributed by atoms with Crippen molar-refractivity contribution >= 4 is 28.6 Å². The van der Waals surface area contributed by atoms with E-state index in [1.165, 1.54) is 11.3 Å². The van der Waals surface area contributed by atoms with Crippen LogP contribution in [0.2, 0.25) is 0 Å². The summed E-state index contributed by atoms with van der Waals surface area (Å²) in [5.41, 5.74) is 5.48. The van der Waals surface area contributed by atoms with E-state index in [-0.39, 0.29) is 17.1 Å². The van der Waals surface area contributed by atoms with Crippen LogP contribution >= 0.6 is 11.3 Å². The van der Waals surface area contributed by atoms with E-state index in [2.05, 4.69) is 5.32 Å². The standard InChI is InChI=1S/C12H11N3O4S/c13-11(10-2-1-5-20-10)12(17)14-8-6-7(15(18)19)3-4-9(8)16/h1-6,11,16H,13H2,(H,14,17). The van der Waals surface area contributed by atoms with Crippen LogP contribution in [0.1, 0.15) is 10.9 Å². The van der Waals surface area contributed by atoms with Gasteiger partial charge in [0.05, 0.1) is 10.6 Å². The van der Waals surface area contributed by atoms with E-state index in [9.17, 15) is 20.0 Å². The van der Waals surface area contributed by atoms with Gasteiger partial charge in [0.25, 0.3) is 5.69 Å². The smallest absolute Gasteiger partial charge is 0.271 e. The zero-order chi connectivity index (χ0) is 14.7. The second kappa shape index (κ2) is 5.68. The van der Waals surface area contributed by atoms with Crippen molar-refractivity contribution in [3.8, 4) is 5.75 Å². The largest absolute Gasteiger partial charge is 0.506 e. The summed E-state index contributed by atoms with van der Waals surface area (Å²) in [6.45, 7) is 0. The highest BCUT2D eigenvalue weighted by molar-refractivity contribution is 7.10. The van der Waals surface area contributed by atoms with E-state index >= 15 is 0 Å². The number of hydrogen-bond acceptors (Lipinski definition) is 6. The van der Waals surface area contributed by atoms with Crippen molar-refractivity contribution in [2.45, 2.75) is 6.04 Å². The molecule has 4 N–H and O–H groups in total. The van der Waals surface area contributed by atoms with Crippen molar-refractivity contribution in [2.75, 3.05) is 5.32 Å². The SMILES string of the molecule is NC(C(=O)Nc1cc([N+](=O)[O-])ccc1O)c1cccs1. The predicted molar refractivity (Wildman–Crippen MR) is 74.6 cm³/mol. The minimum Gasteiger partial charge on any atom is -0.506 e. The molecule has 0 bridgehead atoms. The van der Waals surface area contributed by atoms with E-state index in [1.807, 2.05) is 0 Å². The van der Waals surface area contributed by atoms with Gasteiger partial charge in [-0.25, -0.2) is 0 Å². The van der Waals surface area contributed by atoms with Crippen LogP contribution in [-0.4, -0.2) is 15.9 Å². The maximum absolute atomic E-state index is 11.9. The Bertz CT molecular complexity index is 642. The number of phenols is 1. The lowest BCUT2D eigenvalue weighted by atomic mass is 10.2. The number of non-ortho nitro benzene ring substituents is 1. The number of hydrogen-bond donors (Lipinski definition) is 3. The van der Waals surface area contributed by atoms with Gasteiger partial charge in [-0.05, 0) is 17.5 Å². The first-order valence-electron chi connectivity index (χ1n) is 5.56. The first kappa shape index (κ1) is 14.0. The van der Waals surface area contributed by atoms with Gasteiger partial charge < -0.3 is 16.2 Å². The summed E-state index contributed by atoms with van der Waals surface area (Å²) in [7, 11) is 0. The fourth-order valence-electron chi connectivity index (χ4n) is 1.55. The number of amides is 1. The summed E-state index contributed by atoms with van der Waals surface area (Å²) in [5.74, 6) is -0.814. The van der Waals surface area contributed by atoms with Crippen LogP contribution in [0.15, 0.2) is 35.7 Å². The first-order chi connectivity index (χ1) is 9.49. The third kappa shape index (κ3) is 2.92. The molecule has 0 aliphatic rings. The van der Waals surface area contributed by atoms with Crippen LogP contribution in [0.3, 0.4) is 0 Å². The molecule has 0 aliphatic carbocycles. The number of thiophene rings is 1. The Morgan fingerprint density at radius 2 is 2.20 bits per heavy atom. The maximum atomic E-state index is 11.9. The highest BCUT2D eigenvalue weighted by Gasteiger charge is 2.19. The van der Waals surface area contributed by atoms with Gasteiger partial charge in [0.15, 0.2) is 0 Å². The minimum atomic E-state index is -0.895. The van der Waals surface area contributed by atoms with Gasteiger partial charge in [-0.15, -0.1) is 11.3 Å². The Kier molecular flexibility index (Phi) is 3.97. The fourth-order valence-corrected chi connectivity index (χ4v) is 2.27. The van der Waals surface area contributed by atoms with E-state index < -0.39 is 16.9 Å². The number of rotatable bonds is 4. The van der Waals surface area contributed by atoms with Crippen molar-refractivity contribution < 1.29 is 14.8 Å². The molecule has 1 unspecified atom stereocenters. The van der Waals surface area contributed by atoms with Crippen LogP contribution in [0.25, 0.3) is 0 Å². The number of carbonyl (C=O) groups is 1. The number of nitrogens with zero attached hydrogens (tertiary/aromatic N) is 1.